The van der Waals surface area contributed by atoms with Crippen molar-refractivity contribution < 1.29 is 4.39 Å². The molecule has 1 saturated heterocycles. The lowest BCUT2D eigenvalue weighted by Gasteiger charge is -2.25. The fourth-order valence-electron chi connectivity index (χ4n) is 2.89. The third-order valence-electron chi connectivity index (χ3n) is 4.07. The van der Waals surface area contributed by atoms with Crippen LogP contribution in [0.2, 0.25) is 0 Å². The predicted octanol–water partition coefficient (Wildman–Crippen LogP) is 3.02. The van der Waals surface area contributed by atoms with Crippen molar-refractivity contribution in [2.24, 2.45) is 11.7 Å². The first-order valence-electron chi connectivity index (χ1n) is 6.79. The molecule has 3 atom stereocenters. The van der Waals surface area contributed by atoms with E-state index >= 15 is 0 Å². The van der Waals surface area contributed by atoms with Gasteiger partial charge in [0.2, 0.25) is 0 Å². The van der Waals surface area contributed by atoms with Crippen LogP contribution in [-0.4, -0.2) is 30.6 Å². The van der Waals surface area contributed by atoms with E-state index in [1.165, 1.54) is 12.0 Å². The molecule has 3 unspecified atom stereocenters. The molecule has 0 radical (unpaired) electrons. The highest BCUT2D eigenvalue weighted by Gasteiger charge is 2.28. The second-order valence-electron chi connectivity index (χ2n) is 5.59. The first kappa shape index (κ1) is 16.4. The molecule has 0 amide bonds. The van der Waals surface area contributed by atoms with E-state index in [9.17, 15) is 4.39 Å². The minimum absolute atomic E-state index is 0. The van der Waals surface area contributed by atoms with E-state index in [1.807, 2.05) is 12.1 Å². The predicted molar refractivity (Wildman–Crippen MR) is 80.3 cm³/mol. The molecule has 1 aromatic rings. The van der Waals surface area contributed by atoms with Crippen molar-refractivity contribution in [2.75, 3.05) is 19.6 Å². The van der Waals surface area contributed by atoms with Crippen molar-refractivity contribution in [1.29, 1.82) is 0 Å². The van der Waals surface area contributed by atoms with E-state index in [2.05, 4.69) is 18.7 Å². The summed E-state index contributed by atoms with van der Waals surface area (Å²) in [7, 11) is 0. The van der Waals surface area contributed by atoms with Gasteiger partial charge in [0.15, 0.2) is 0 Å². The molecular weight excluding hydrogens is 263 g/mol. The number of nitrogens with zero attached hydrogens (tertiary/aromatic N) is 1. The molecule has 1 fully saturated rings. The average molecular weight is 287 g/mol. The molecule has 1 aromatic carbocycles. The summed E-state index contributed by atoms with van der Waals surface area (Å²) in [4.78, 5) is 2.51. The quantitative estimate of drug-likeness (QED) is 0.922. The highest BCUT2D eigenvalue weighted by molar-refractivity contribution is 5.85. The van der Waals surface area contributed by atoms with Crippen molar-refractivity contribution in [3.63, 3.8) is 0 Å². The number of halogens is 2. The third-order valence-corrected chi connectivity index (χ3v) is 4.07. The Labute approximate surface area is 121 Å². The van der Waals surface area contributed by atoms with Crippen LogP contribution in [-0.2, 0) is 0 Å². The van der Waals surface area contributed by atoms with Gasteiger partial charge in [-0.3, -0.25) is 4.90 Å². The lowest BCUT2D eigenvalue weighted by molar-refractivity contribution is 0.251. The molecule has 0 aromatic heterocycles. The largest absolute Gasteiger partial charge is 0.330 e. The smallest absolute Gasteiger partial charge is 0.123 e. The van der Waals surface area contributed by atoms with Crippen LogP contribution in [0.15, 0.2) is 24.3 Å². The Morgan fingerprint density at radius 2 is 2.00 bits per heavy atom. The Balaban J connectivity index is 0.00000180. The van der Waals surface area contributed by atoms with Crippen molar-refractivity contribution in [2.45, 2.75) is 32.2 Å². The molecule has 0 bridgehead atoms. The number of rotatable bonds is 4. The lowest BCUT2D eigenvalue weighted by Crippen LogP contribution is -2.31. The van der Waals surface area contributed by atoms with Gasteiger partial charge in [-0.15, -0.1) is 12.4 Å². The molecule has 2 nitrogen and oxygen atoms in total. The second-order valence-corrected chi connectivity index (χ2v) is 5.59. The molecule has 1 aliphatic heterocycles. The van der Waals surface area contributed by atoms with Crippen LogP contribution in [0, 0.1) is 11.7 Å². The summed E-state index contributed by atoms with van der Waals surface area (Å²) in [6, 6.07) is 7.48. The SMILES string of the molecule is CC(CN1CC(CN)CC1C)c1ccc(F)cc1.Cl. The Morgan fingerprint density at radius 1 is 1.37 bits per heavy atom. The van der Waals surface area contributed by atoms with Gasteiger partial charge in [0.05, 0.1) is 0 Å². The summed E-state index contributed by atoms with van der Waals surface area (Å²) in [5.41, 5.74) is 6.96. The van der Waals surface area contributed by atoms with E-state index in [0.717, 1.165) is 19.6 Å². The molecular formula is C15H24ClFN2. The molecule has 0 spiro atoms. The summed E-state index contributed by atoms with van der Waals surface area (Å²) in [5.74, 6) is 0.911. The van der Waals surface area contributed by atoms with Crippen LogP contribution in [0.4, 0.5) is 4.39 Å². The topological polar surface area (TPSA) is 29.3 Å². The maximum atomic E-state index is 12.9. The molecule has 0 saturated carbocycles. The Kier molecular flexibility index (Phi) is 6.24. The monoisotopic (exact) mass is 286 g/mol. The first-order chi connectivity index (χ1) is 8.60. The number of benzene rings is 1. The number of hydrogen-bond donors (Lipinski definition) is 1. The average Bonchev–Trinajstić information content (AvgIpc) is 2.71. The van der Waals surface area contributed by atoms with Crippen molar-refractivity contribution in [3.05, 3.63) is 35.6 Å². The molecule has 2 rings (SSSR count). The van der Waals surface area contributed by atoms with Gasteiger partial charge in [-0.25, -0.2) is 4.39 Å². The van der Waals surface area contributed by atoms with Crippen LogP contribution >= 0.6 is 12.4 Å². The van der Waals surface area contributed by atoms with E-state index in [0.29, 0.717) is 17.9 Å². The van der Waals surface area contributed by atoms with Crippen LogP contribution in [0.5, 0.6) is 0 Å². The van der Waals surface area contributed by atoms with E-state index in [-0.39, 0.29) is 18.2 Å². The van der Waals surface area contributed by atoms with Crippen molar-refractivity contribution in [1.82, 2.24) is 4.90 Å². The van der Waals surface area contributed by atoms with Crippen LogP contribution in [0.1, 0.15) is 31.7 Å². The van der Waals surface area contributed by atoms with Gasteiger partial charge in [-0.1, -0.05) is 19.1 Å². The molecule has 108 valence electrons. The van der Waals surface area contributed by atoms with Gasteiger partial charge in [0.25, 0.3) is 0 Å². The second kappa shape index (κ2) is 7.22. The zero-order valence-electron chi connectivity index (χ0n) is 11.7. The Bertz CT molecular complexity index is 382. The molecule has 2 N–H and O–H groups in total. The van der Waals surface area contributed by atoms with Crippen LogP contribution in [0.25, 0.3) is 0 Å². The zero-order chi connectivity index (χ0) is 13.1. The van der Waals surface area contributed by atoms with Gasteiger partial charge in [-0.05, 0) is 49.4 Å². The lowest BCUT2D eigenvalue weighted by atomic mass is 10.0. The molecule has 19 heavy (non-hydrogen) atoms. The Morgan fingerprint density at radius 3 is 2.53 bits per heavy atom. The maximum absolute atomic E-state index is 12.9. The molecule has 1 heterocycles. The fraction of sp³-hybridized carbons (Fsp3) is 0.600. The van der Waals surface area contributed by atoms with Gasteiger partial charge < -0.3 is 5.73 Å². The fourth-order valence-corrected chi connectivity index (χ4v) is 2.89. The molecule has 4 heteroatoms. The molecule has 1 aliphatic rings. The first-order valence-corrected chi connectivity index (χ1v) is 6.79. The minimum atomic E-state index is -0.163. The summed E-state index contributed by atoms with van der Waals surface area (Å²) in [6.07, 6.45) is 1.20. The molecule has 0 aliphatic carbocycles. The number of likely N-dealkylation sites (tertiary alicyclic amines) is 1. The van der Waals surface area contributed by atoms with Gasteiger partial charge in [0, 0.05) is 19.1 Å². The minimum Gasteiger partial charge on any atom is -0.330 e. The zero-order valence-corrected chi connectivity index (χ0v) is 12.5. The number of nitrogens with two attached hydrogens (primary N) is 1. The normalized spacial score (nSPS) is 25.1. The van der Waals surface area contributed by atoms with Gasteiger partial charge in [0.1, 0.15) is 5.82 Å². The third kappa shape index (κ3) is 4.16. The highest BCUT2D eigenvalue weighted by Crippen LogP contribution is 2.26. The Hall–Kier alpha value is -0.640. The van der Waals surface area contributed by atoms with E-state index < -0.39 is 0 Å². The summed E-state index contributed by atoms with van der Waals surface area (Å²) >= 11 is 0. The highest BCUT2D eigenvalue weighted by atomic mass is 35.5. The number of hydrogen-bond acceptors (Lipinski definition) is 2. The summed E-state index contributed by atoms with van der Waals surface area (Å²) < 4.78 is 12.9. The summed E-state index contributed by atoms with van der Waals surface area (Å²) in [5, 5.41) is 0. The van der Waals surface area contributed by atoms with Crippen LogP contribution < -0.4 is 5.73 Å². The van der Waals surface area contributed by atoms with Crippen molar-refractivity contribution >= 4 is 12.4 Å². The van der Waals surface area contributed by atoms with Gasteiger partial charge in [-0.2, -0.15) is 0 Å². The van der Waals surface area contributed by atoms with Crippen molar-refractivity contribution in [3.8, 4) is 0 Å². The van der Waals surface area contributed by atoms with Crippen LogP contribution in [0.3, 0.4) is 0 Å². The standard InChI is InChI=1S/C15H23FN2.ClH/c1-11(14-3-5-15(16)6-4-14)9-18-10-13(8-17)7-12(18)2;/h3-6,11-13H,7-10,17H2,1-2H3;1H. The van der Waals surface area contributed by atoms with E-state index in [4.69, 9.17) is 5.73 Å². The van der Waals surface area contributed by atoms with E-state index in [1.54, 1.807) is 12.1 Å². The van der Waals surface area contributed by atoms with Gasteiger partial charge >= 0.3 is 0 Å². The maximum Gasteiger partial charge on any atom is 0.123 e. The summed E-state index contributed by atoms with van der Waals surface area (Å²) in [6.45, 7) is 7.39.